The molecule has 2 aromatic carbocycles. The normalized spacial score (nSPS) is 11.5. The molecule has 0 radical (unpaired) electrons. The fraction of sp³-hybridized carbons (Fsp3) is 0.250. The third kappa shape index (κ3) is 3.37. The van der Waals surface area contributed by atoms with E-state index in [1.165, 1.54) is 4.31 Å². The maximum absolute atomic E-state index is 13.3. The minimum Gasteiger partial charge on any atom is -0.356 e. The van der Waals surface area contributed by atoms with Crippen molar-refractivity contribution in [2.75, 3.05) is 11.4 Å². The fourth-order valence-electron chi connectivity index (χ4n) is 2.78. The van der Waals surface area contributed by atoms with Crippen molar-refractivity contribution in [1.29, 1.82) is 0 Å². The second-order valence-corrected chi connectivity index (χ2v) is 8.25. The zero-order chi connectivity index (χ0) is 18.9. The number of nitrogens with zero attached hydrogens (tertiary/aromatic N) is 2. The monoisotopic (exact) mass is 370 g/mol. The van der Waals surface area contributed by atoms with Gasteiger partial charge in [-0.15, -0.1) is 0 Å². The van der Waals surface area contributed by atoms with Crippen LogP contribution in [0.2, 0.25) is 0 Å². The molecule has 26 heavy (non-hydrogen) atoms. The molecular weight excluding hydrogens is 348 g/mol. The van der Waals surface area contributed by atoms with Crippen molar-refractivity contribution >= 4 is 15.7 Å². The molecule has 0 spiro atoms. The van der Waals surface area contributed by atoms with E-state index in [1.807, 2.05) is 57.2 Å². The Labute approximate surface area is 154 Å². The van der Waals surface area contributed by atoms with Crippen LogP contribution in [0.25, 0.3) is 11.3 Å². The predicted octanol–water partition coefficient (Wildman–Crippen LogP) is 4.35. The average molecular weight is 370 g/mol. The SMILES string of the molecule is CCc1ccc(-c2cc(C)no2)cc1S(=O)(=O)N(C)c1ccc(C)cc1. The molecule has 0 bridgehead atoms. The van der Waals surface area contributed by atoms with Gasteiger partial charge in [0.1, 0.15) is 0 Å². The first-order valence-electron chi connectivity index (χ1n) is 8.45. The number of rotatable bonds is 5. The van der Waals surface area contributed by atoms with Crippen molar-refractivity contribution in [2.45, 2.75) is 32.1 Å². The van der Waals surface area contributed by atoms with E-state index in [1.54, 1.807) is 19.2 Å². The number of aryl methyl sites for hydroxylation is 3. The first-order valence-corrected chi connectivity index (χ1v) is 9.89. The van der Waals surface area contributed by atoms with E-state index in [4.69, 9.17) is 4.52 Å². The van der Waals surface area contributed by atoms with Gasteiger partial charge in [-0.1, -0.05) is 41.9 Å². The lowest BCUT2D eigenvalue weighted by molar-refractivity contribution is 0.427. The standard InChI is InChI=1S/C20H22N2O3S/c1-5-16-8-9-17(19-12-15(3)21-25-19)13-20(16)26(23,24)22(4)18-10-6-14(2)7-11-18/h6-13H,5H2,1-4H3. The van der Waals surface area contributed by atoms with Crippen LogP contribution in [0, 0.1) is 13.8 Å². The molecule has 5 nitrogen and oxygen atoms in total. The largest absolute Gasteiger partial charge is 0.356 e. The summed E-state index contributed by atoms with van der Waals surface area (Å²) in [6.07, 6.45) is 0.617. The molecule has 0 unspecified atom stereocenters. The molecule has 0 aliphatic rings. The molecule has 0 saturated carbocycles. The molecule has 3 aromatic rings. The van der Waals surface area contributed by atoms with E-state index in [-0.39, 0.29) is 4.90 Å². The van der Waals surface area contributed by atoms with Gasteiger partial charge < -0.3 is 4.52 Å². The van der Waals surface area contributed by atoms with Gasteiger partial charge in [0.2, 0.25) is 0 Å². The summed E-state index contributed by atoms with van der Waals surface area (Å²) in [5.41, 5.74) is 3.92. The van der Waals surface area contributed by atoms with Crippen molar-refractivity contribution in [3.05, 3.63) is 65.4 Å². The molecular formula is C20H22N2O3S. The van der Waals surface area contributed by atoms with Gasteiger partial charge in [-0.2, -0.15) is 0 Å². The molecule has 3 rings (SSSR count). The lowest BCUT2D eigenvalue weighted by Crippen LogP contribution is -2.27. The Morgan fingerprint density at radius 1 is 1.04 bits per heavy atom. The summed E-state index contributed by atoms with van der Waals surface area (Å²) in [4.78, 5) is 0.287. The van der Waals surface area contributed by atoms with Crippen molar-refractivity contribution in [3.63, 3.8) is 0 Å². The number of benzene rings is 2. The van der Waals surface area contributed by atoms with Gasteiger partial charge in [0.05, 0.1) is 16.3 Å². The zero-order valence-electron chi connectivity index (χ0n) is 15.4. The number of hydrogen-bond acceptors (Lipinski definition) is 4. The summed E-state index contributed by atoms with van der Waals surface area (Å²) < 4.78 is 33.1. The minimum atomic E-state index is -3.70. The van der Waals surface area contributed by atoms with Crippen LogP contribution in [0.5, 0.6) is 0 Å². The topological polar surface area (TPSA) is 63.4 Å². The smallest absolute Gasteiger partial charge is 0.264 e. The Kier molecular flexibility index (Phi) is 4.87. The fourth-order valence-corrected chi connectivity index (χ4v) is 4.29. The molecule has 1 heterocycles. The van der Waals surface area contributed by atoms with Crippen LogP contribution in [0.15, 0.2) is 57.9 Å². The Morgan fingerprint density at radius 3 is 2.31 bits per heavy atom. The molecule has 0 amide bonds. The molecule has 0 N–H and O–H groups in total. The molecule has 0 aliphatic carbocycles. The van der Waals surface area contributed by atoms with Crippen LogP contribution in [0.1, 0.15) is 23.7 Å². The molecule has 0 aliphatic heterocycles. The molecule has 6 heteroatoms. The maximum atomic E-state index is 13.3. The van der Waals surface area contributed by atoms with Crippen molar-refractivity contribution in [3.8, 4) is 11.3 Å². The van der Waals surface area contributed by atoms with Crippen molar-refractivity contribution in [2.24, 2.45) is 0 Å². The molecule has 0 atom stereocenters. The molecule has 1 aromatic heterocycles. The summed E-state index contributed by atoms with van der Waals surface area (Å²) in [5.74, 6) is 0.555. The minimum absolute atomic E-state index is 0.287. The van der Waals surface area contributed by atoms with Crippen LogP contribution in [-0.2, 0) is 16.4 Å². The molecule has 136 valence electrons. The Balaban J connectivity index is 2.09. The lowest BCUT2D eigenvalue weighted by atomic mass is 10.1. The van der Waals surface area contributed by atoms with Crippen LogP contribution in [0.4, 0.5) is 5.69 Å². The Bertz CT molecular complexity index is 1020. The van der Waals surface area contributed by atoms with Crippen LogP contribution >= 0.6 is 0 Å². The summed E-state index contributed by atoms with van der Waals surface area (Å²) >= 11 is 0. The first kappa shape index (κ1) is 18.2. The van der Waals surface area contributed by atoms with Crippen molar-refractivity contribution < 1.29 is 12.9 Å². The van der Waals surface area contributed by atoms with Crippen LogP contribution in [0.3, 0.4) is 0 Å². The zero-order valence-corrected chi connectivity index (χ0v) is 16.2. The van der Waals surface area contributed by atoms with E-state index in [0.29, 0.717) is 23.4 Å². The van der Waals surface area contributed by atoms with Crippen LogP contribution in [-0.4, -0.2) is 20.6 Å². The Morgan fingerprint density at radius 2 is 1.73 bits per heavy atom. The number of anilines is 1. The number of sulfonamides is 1. The summed E-state index contributed by atoms with van der Waals surface area (Å²) in [6, 6.07) is 14.6. The quantitative estimate of drug-likeness (QED) is 0.670. The van der Waals surface area contributed by atoms with Crippen LogP contribution < -0.4 is 4.31 Å². The summed E-state index contributed by atoms with van der Waals surface area (Å²) in [5, 5.41) is 3.88. The van der Waals surface area contributed by atoms with Gasteiger partial charge in [0, 0.05) is 18.7 Å². The van der Waals surface area contributed by atoms with E-state index in [9.17, 15) is 8.42 Å². The summed E-state index contributed by atoms with van der Waals surface area (Å²) in [7, 11) is -2.13. The second-order valence-electron chi connectivity index (χ2n) is 6.32. The highest BCUT2D eigenvalue weighted by atomic mass is 32.2. The van der Waals surface area contributed by atoms with Gasteiger partial charge in [-0.05, 0) is 44.0 Å². The van der Waals surface area contributed by atoms with Gasteiger partial charge in [0.15, 0.2) is 5.76 Å². The number of aromatic nitrogens is 1. The van der Waals surface area contributed by atoms with E-state index in [2.05, 4.69) is 5.16 Å². The summed E-state index contributed by atoms with van der Waals surface area (Å²) in [6.45, 7) is 5.74. The average Bonchev–Trinajstić information content (AvgIpc) is 3.07. The molecule has 0 saturated heterocycles. The maximum Gasteiger partial charge on any atom is 0.264 e. The highest BCUT2D eigenvalue weighted by molar-refractivity contribution is 7.92. The van der Waals surface area contributed by atoms with Gasteiger partial charge >= 0.3 is 0 Å². The van der Waals surface area contributed by atoms with Gasteiger partial charge in [-0.25, -0.2) is 8.42 Å². The van der Waals surface area contributed by atoms with E-state index in [0.717, 1.165) is 16.8 Å². The highest BCUT2D eigenvalue weighted by Gasteiger charge is 2.25. The molecule has 0 fully saturated rings. The second kappa shape index (κ2) is 6.96. The third-order valence-electron chi connectivity index (χ3n) is 4.40. The van der Waals surface area contributed by atoms with Crippen molar-refractivity contribution in [1.82, 2.24) is 5.16 Å². The van der Waals surface area contributed by atoms with E-state index < -0.39 is 10.0 Å². The first-order chi connectivity index (χ1) is 12.3. The third-order valence-corrected chi connectivity index (χ3v) is 6.26. The lowest BCUT2D eigenvalue weighted by Gasteiger charge is -2.21. The highest BCUT2D eigenvalue weighted by Crippen LogP contribution is 2.30. The predicted molar refractivity (Wildman–Crippen MR) is 103 cm³/mol. The Hall–Kier alpha value is -2.60. The van der Waals surface area contributed by atoms with Gasteiger partial charge in [0.25, 0.3) is 10.0 Å². The van der Waals surface area contributed by atoms with Gasteiger partial charge in [-0.3, -0.25) is 4.31 Å². The van der Waals surface area contributed by atoms with E-state index >= 15 is 0 Å². The number of hydrogen-bond donors (Lipinski definition) is 0.